The number of hydrogen-bond donors (Lipinski definition) is 17. The van der Waals surface area contributed by atoms with Crippen LogP contribution in [0.15, 0.2) is 24.3 Å². The lowest BCUT2D eigenvalue weighted by molar-refractivity contribution is -0.144. The number of carboxylic acid groups (broad SMARTS) is 2. The van der Waals surface area contributed by atoms with Crippen LogP contribution in [-0.2, 0) is 83.1 Å². The van der Waals surface area contributed by atoms with Crippen LogP contribution >= 0.6 is 0 Å². The zero-order valence-electron chi connectivity index (χ0n) is 50.2. The summed E-state index contributed by atoms with van der Waals surface area (Å²) in [4.78, 5) is 209. The predicted octanol–water partition coefficient (Wildman–Crippen LogP) is -6.43. The van der Waals surface area contributed by atoms with Crippen LogP contribution in [0.4, 0.5) is 0 Å². The molecule has 10 atom stereocenters. The highest BCUT2D eigenvalue weighted by molar-refractivity contribution is 6.38. The van der Waals surface area contributed by atoms with Crippen LogP contribution in [0.25, 0.3) is 0 Å². The highest BCUT2D eigenvalue weighted by Gasteiger charge is 2.42. The molecule has 0 aliphatic carbocycles. The molecular weight excluding hydrogens is 1180 g/mol. The normalized spacial score (nSPS) is 15.8. The Morgan fingerprint density at radius 2 is 1.03 bits per heavy atom. The zero-order valence-corrected chi connectivity index (χ0v) is 50.2. The lowest BCUT2D eigenvalue weighted by atomic mass is 9.98. The van der Waals surface area contributed by atoms with Gasteiger partial charge in [-0.2, -0.15) is 0 Å². The van der Waals surface area contributed by atoms with Gasteiger partial charge in [0.25, 0.3) is 5.91 Å². The molecule has 1 aliphatic rings. The molecule has 34 nitrogen and oxygen atoms in total. The van der Waals surface area contributed by atoms with Crippen molar-refractivity contribution in [1.29, 1.82) is 0 Å². The lowest BCUT2D eigenvalue weighted by Crippen LogP contribution is -2.61. The quantitative estimate of drug-likeness (QED) is 0.0273. The fraction of sp³-hybridized carbons (Fsp3) is 0.600. The van der Waals surface area contributed by atoms with Crippen LogP contribution in [-0.4, -0.2) is 212 Å². The number of carboxylic acids is 2. The third kappa shape index (κ3) is 25.9. The van der Waals surface area contributed by atoms with Crippen LogP contribution in [0.2, 0.25) is 0 Å². The number of primary amides is 2. The first-order valence-electron chi connectivity index (χ1n) is 28.6. The molecule has 1 aromatic rings. The van der Waals surface area contributed by atoms with Crippen molar-refractivity contribution in [2.24, 2.45) is 23.3 Å². The number of aliphatic hydroxyl groups is 2. The van der Waals surface area contributed by atoms with E-state index in [4.69, 9.17) is 16.6 Å². The van der Waals surface area contributed by atoms with Gasteiger partial charge in [-0.05, 0) is 68.1 Å². The van der Waals surface area contributed by atoms with Crippen LogP contribution in [0, 0.1) is 11.8 Å². The van der Waals surface area contributed by atoms with E-state index in [0.29, 0.717) is 5.56 Å². The van der Waals surface area contributed by atoms with Crippen molar-refractivity contribution in [3.8, 4) is 5.75 Å². The minimum Gasteiger partial charge on any atom is -0.508 e. The number of nitrogens with two attached hydrogens (primary N) is 2. The van der Waals surface area contributed by atoms with E-state index in [1.54, 1.807) is 20.8 Å². The molecule has 1 heterocycles. The number of carbonyl (C=O) groups excluding carboxylic acids is 14. The third-order valence-corrected chi connectivity index (χ3v) is 13.8. The summed E-state index contributed by atoms with van der Waals surface area (Å²) in [5.74, 6) is -18.6. The summed E-state index contributed by atoms with van der Waals surface area (Å²) in [6, 6.07) is -9.89. The topological polar surface area (TPSA) is 550 Å². The molecule has 1 aliphatic heterocycles. The van der Waals surface area contributed by atoms with E-state index in [2.05, 4.69) is 53.2 Å². The van der Waals surface area contributed by atoms with E-state index < -0.39 is 219 Å². The van der Waals surface area contributed by atoms with E-state index in [1.165, 1.54) is 43.0 Å². The summed E-state index contributed by atoms with van der Waals surface area (Å²) in [6.45, 7) is 5.93. The van der Waals surface area contributed by atoms with Gasteiger partial charge in [0.15, 0.2) is 0 Å². The number of hydrogen-bond acceptors (Lipinski definition) is 19. The van der Waals surface area contributed by atoms with Gasteiger partial charge in [-0.25, -0.2) is 0 Å². The van der Waals surface area contributed by atoms with E-state index in [9.17, 15) is 97.1 Å². The second-order valence-corrected chi connectivity index (χ2v) is 21.7. The number of phenolic OH excluding ortho intramolecular Hbond substituents is 1. The number of likely N-dealkylation sites (tertiary alicyclic amines) is 1. The Morgan fingerprint density at radius 1 is 0.562 bits per heavy atom. The second kappa shape index (κ2) is 37.4. The SMILES string of the molecule is CCC[C@H](NC(=O)C1CCCN1C(=O)[C@@H](NC(=O)[C@@H](NC(=O)[C@H](CCC(=O)O)NC(=O)[C@H](CCC(=O)O)NC(C)=O)C(C)C)C(C)C)C(=O)C(=O)NCC(=O)N[C@@H](CCC(N)=O)C(=O)N[C@@H](CO)C(=O)N[C@@H](Cc1ccc(O)cc1)C(=O)N[C@@H](CO)C(N)=O. The highest BCUT2D eigenvalue weighted by atomic mass is 16.4. The first-order valence-corrected chi connectivity index (χ1v) is 28.6. The molecule has 13 amide bonds. The van der Waals surface area contributed by atoms with Gasteiger partial charge in [-0.1, -0.05) is 53.2 Å². The Balaban J connectivity index is 2.23. The highest BCUT2D eigenvalue weighted by Crippen LogP contribution is 2.22. The molecule has 0 radical (unpaired) electrons. The molecule has 89 heavy (non-hydrogen) atoms. The van der Waals surface area contributed by atoms with Crippen molar-refractivity contribution in [2.45, 2.75) is 173 Å². The predicted molar refractivity (Wildman–Crippen MR) is 308 cm³/mol. The molecule has 1 saturated heterocycles. The van der Waals surface area contributed by atoms with E-state index in [0.717, 1.165) is 6.92 Å². The van der Waals surface area contributed by atoms with Crippen LogP contribution in [0.5, 0.6) is 5.75 Å². The number of nitrogens with zero attached hydrogens (tertiary/aromatic N) is 1. The molecule has 494 valence electrons. The van der Waals surface area contributed by atoms with Gasteiger partial charge < -0.3 is 95.1 Å². The number of benzene rings is 1. The molecule has 1 aromatic carbocycles. The summed E-state index contributed by atoms with van der Waals surface area (Å²) in [5, 5.41) is 71.1. The molecule has 19 N–H and O–H groups in total. The lowest BCUT2D eigenvalue weighted by Gasteiger charge is -2.33. The van der Waals surface area contributed by atoms with Gasteiger partial charge in [-0.3, -0.25) is 76.7 Å². The number of amides is 13. The van der Waals surface area contributed by atoms with Crippen LogP contribution in [0.1, 0.15) is 111 Å². The van der Waals surface area contributed by atoms with Gasteiger partial charge >= 0.3 is 11.9 Å². The fourth-order valence-corrected chi connectivity index (χ4v) is 8.94. The van der Waals surface area contributed by atoms with Crippen molar-refractivity contribution in [3.63, 3.8) is 0 Å². The number of rotatable bonds is 39. The largest absolute Gasteiger partial charge is 0.508 e. The number of nitrogens with one attached hydrogen (secondary N) is 10. The Labute approximate surface area is 511 Å². The molecule has 2 rings (SSSR count). The van der Waals surface area contributed by atoms with Gasteiger partial charge in [0.2, 0.25) is 76.7 Å². The molecule has 1 fully saturated rings. The maximum atomic E-state index is 14.3. The minimum atomic E-state index is -1.85. The molecule has 0 saturated carbocycles. The van der Waals surface area contributed by atoms with E-state index in [1.807, 2.05) is 0 Å². The molecule has 0 spiro atoms. The number of Topliss-reactive ketones (excluding diaryl/α,β-unsaturated/α-hetero) is 1. The Hall–Kier alpha value is -9.34. The van der Waals surface area contributed by atoms with Gasteiger partial charge in [-0.15, -0.1) is 0 Å². The number of phenols is 1. The van der Waals surface area contributed by atoms with Crippen molar-refractivity contribution < 1.29 is 102 Å². The van der Waals surface area contributed by atoms with Crippen LogP contribution < -0.4 is 64.6 Å². The maximum absolute atomic E-state index is 14.3. The van der Waals surface area contributed by atoms with Crippen molar-refractivity contribution in [3.05, 3.63) is 29.8 Å². The van der Waals surface area contributed by atoms with Gasteiger partial charge in [0.05, 0.1) is 25.8 Å². The van der Waals surface area contributed by atoms with E-state index >= 15 is 0 Å². The zero-order chi connectivity index (χ0) is 67.4. The fourth-order valence-electron chi connectivity index (χ4n) is 8.94. The third-order valence-electron chi connectivity index (χ3n) is 13.8. The van der Waals surface area contributed by atoms with E-state index in [-0.39, 0.29) is 50.8 Å². The minimum absolute atomic E-state index is 0.00101. The number of aliphatic hydroxyl groups excluding tert-OH is 2. The standard InChI is InChI=1S/C55H83N13O21/c1-7-9-31(45(79)54(88)58-23-40(74)60-33(15-18-39(56)73)48(82)65-37(25-70)51(85)63-35(22-29-11-13-30(72)14-12-29)50(84)64-36(24-69)46(57)80)61-52(86)38-10-8-21-68(38)55(89)44(27(4)5)67-53(87)43(26(2)3)66-49(83)34(17-20-42(77)78)62-47(81)32(59-28(6)71)16-19-41(75)76/h11-14,26-27,31-38,43-44,69-70,72H,7-10,15-25H2,1-6H3,(H2,56,73)(H2,57,80)(H,58,88)(H,59,71)(H,60,74)(H,61,86)(H,62,81)(H,63,85)(H,64,84)(H,65,82)(H,66,83)(H,67,87)(H,75,76)(H,77,78)/t31-,32-,33-,34-,35-,36-,37-,38?,43-,44-/m0/s1. The molecule has 0 bridgehead atoms. The summed E-state index contributed by atoms with van der Waals surface area (Å²) < 4.78 is 0. The summed E-state index contributed by atoms with van der Waals surface area (Å²) in [6.07, 6.45) is -2.95. The summed E-state index contributed by atoms with van der Waals surface area (Å²) >= 11 is 0. The number of carbonyl (C=O) groups is 16. The van der Waals surface area contributed by atoms with Crippen LogP contribution in [0.3, 0.4) is 0 Å². The number of aliphatic carboxylic acids is 2. The first-order chi connectivity index (χ1) is 41.7. The number of aromatic hydroxyl groups is 1. The monoisotopic (exact) mass is 1260 g/mol. The average molecular weight is 1260 g/mol. The Bertz CT molecular complexity index is 2750. The van der Waals surface area contributed by atoms with Crippen molar-refractivity contribution in [2.75, 3.05) is 26.3 Å². The first kappa shape index (κ1) is 75.8. The van der Waals surface area contributed by atoms with Crippen molar-refractivity contribution >= 4 is 94.5 Å². The second-order valence-electron chi connectivity index (χ2n) is 21.7. The maximum Gasteiger partial charge on any atom is 0.303 e. The molecule has 34 heteroatoms. The van der Waals surface area contributed by atoms with Gasteiger partial charge in [0, 0.05) is 39.2 Å². The van der Waals surface area contributed by atoms with Gasteiger partial charge in [0.1, 0.15) is 60.1 Å². The smallest absolute Gasteiger partial charge is 0.303 e. The molecule has 0 aromatic heterocycles. The molecule has 1 unspecified atom stereocenters. The number of ketones is 1. The Kier molecular flexibility index (Phi) is 31.8. The summed E-state index contributed by atoms with van der Waals surface area (Å²) in [5.41, 5.74) is 10.9. The Morgan fingerprint density at radius 3 is 1.54 bits per heavy atom. The molecular formula is C55H83N13O21. The average Bonchev–Trinajstić information content (AvgIpc) is 2.17. The summed E-state index contributed by atoms with van der Waals surface area (Å²) in [7, 11) is 0. The van der Waals surface area contributed by atoms with Crippen molar-refractivity contribution in [1.82, 2.24) is 58.1 Å².